The van der Waals surface area contributed by atoms with Gasteiger partial charge in [-0.1, -0.05) is 13.8 Å². The number of ether oxygens (including phenoxy) is 1. The van der Waals surface area contributed by atoms with Crippen LogP contribution in [0.3, 0.4) is 0 Å². The van der Waals surface area contributed by atoms with E-state index in [0.717, 1.165) is 32.1 Å². The molecule has 0 spiro atoms. The van der Waals surface area contributed by atoms with Crippen LogP contribution in [0.25, 0.3) is 0 Å². The predicted octanol–water partition coefficient (Wildman–Crippen LogP) is 2.72. The Kier molecular flexibility index (Phi) is 2.43. The van der Waals surface area contributed by atoms with Crippen LogP contribution in [-0.2, 0) is 14.3 Å². The molecule has 0 aromatic rings. The second-order valence-corrected chi connectivity index (χ2v) is 6.91. The average molecular weight is 250 g/mol. The summed E-state index contributed by atoms with van der Waals surface area (Å²) in [6.45, 7) is 6.18. The Labute approximate surface area is 108 Å². The molecular formula is C15H22O3. The first-order valence-corrected chi connectivity index (χ1v) is 7.13. The first-order chi connectivity index (χ1) is 8.37. The van der Waals surface area contributed by atoms with E-state index in [1.807, 2.05) is 6.92 Å². The second-order valence-electron chi connectivity index (χ2n) is 6.91. The average Bonchev–Trinajstić information content (AvgIpc) is 2.68. The summed E-state index contributed by atoms with van der Waals surface area (Å²) in [5, 5.41) is 0. The Morgan fingerprint density at radius 2 is 1.94 bits per heavy atom. The van der Waals surface area contributed by atoms with Crippen molar-refractivity contribution < 1.29 is 14.3 Å². The van der Waals surface area contributed by atoms with Crippen molar-refractivity contribution in [2.24, 2.45) is 23.2 Å². The predicted molar refractivity (Wildman–Crippen MR) is 66.8 cm³/mol. The maximum absolute atomic E-state index is 12.1. The molecule has 3 aliphatic rings. The molecular weight excluding hydrogens is 228 g/mol. The Balaban J connectivity index is 1.99. The zero-order valence-electron chi connectivity index (χ0n) is 11.5. The lowest BCUT2D eigenvalue weighted by molar-refractivity contribution is -0.151. The molecule has 100 valence electrons. The van der Waals surface area contributed by atoms with Crippen molar-refractivity contribution in [2.45, 2.75) is 58.5 Å². The number of Topliss-reactive ketones (excluding diaryl/α,β-unsaturated/α-hetero) is 1. The van der Waals surface area contributed by atoms with Gasteiger partial charge in [0.1, 0.15) is 11.4 Å². The molecule has 18 heavy (non-hydrogen) atoms. The van der Waals surface area contributed by atoms with Crippen molar-refractivity contribution in [3.63, 3.8) is 0 Å². The first kappa shape index (κ1) is 12.2. The highest BCUT2D eigenvalue weighted by Crippen LogP contribution is 2.58. The van der Waals surface area contributed by atoms with Crippen LogP contribution in [0.1, 0.15) is 52.9 Å². The number of carbonyl (C=O) groups excluding carboxylic acids is 2. The summed E-state index contributed by atoms with van der Waals surface area (Å²) in [6, 6.07) is 0. The molecule has 1 saturated heterocycles. The van der Waals surface area contributed by atoms with Gasteiger partial charge >= 0.3 is 5.97 Å². The summed E-state index contributed by atoms with van der Waals surface area (Å²) >= 11 is 0. The molecule has 3 rings (SSSR count). The smallest absolute Gasteiger partial charge is 0.309 e. The summed E-state index contributed by atoms with van der Waals surface area (Å²) in [5.74, 6) is 0.951. The third-order valence-corrected chi connectivity index (χ3v) is 6.22. The van der Waals surface area contributed by atoms with Crippen LogP contribution in [0.2, 0.25) is 0 Å². The van der Waals surface area contributed by atoms with Gasteiger partial charge in [0.25, 0.3) is 0 Å². The zero-order chi connectivity index (χ0) is 13.1. The maximum Gasteiger partial charge on any atom is 0.309 e. The molecule has 1 aliphatic heterocycles. The topological polar surface area (TPSA) is 43.4 Å². The minimum Gasteiger partial charge on any atom is -0.459 e. The van der Waals surface area contributed by atoms with Crippen LogP contribution in [0.4, 0.5) is 0 Å². The third kappa shape index (κ3) is 1.36. The van der Waals surface area contributed by atoms with E-state index in [0.29, 0.717) is 11.7 Å². The van der Waals surface area contributed by atoms with Crippen LogP contribution >= 0.6 is 0 Å². The monoisotopic (exact) mass is 250 g/mol. The van der Waals surface area contributed by atoms with Crippen LogP contribution in [0.5, 0.6) is 0 Å². The fraction of sp³-hybridized carbons (Fsp3) is 0.867. The lowest BCUT2D eigenvalue weighted by Gasteiger charge is -2.39. The van der Waals surface area contributed by atoms with Gasteiger partial charge < -0.3 is 4.74 Å². The van der Waals surface area contributed by atoms with Crippen molar-refractivity contribution in [1.82, 2.24) is 0 Å². The van der Waals surface area contributed by atoms with E-state index < -0.39 is 0 Å². The Bertz CT molecular complexity index is 416. The molecule has 3 heteroatoms. The Hall–Kier alpha value is -0.860. The fourth-order valence-electron chi connectivity index (χ4n) is 4.40. The van der Waals surface area contributed by atoms with E-state index in [1.165, 1.54) is 0 Å². The van der Waals surface area contributed by atoms with Gasteiger partial charge in [0.15, 0.2) is 0 Å². The molecule has 0 amide bonds. The van der Waals surface area contributed by atoms with E-state index in [1.54, 1.807) is 0 Å². The minimum atomic E-state index is -0.367. The highest BCUT2D eigenvalue weighted by atomic mass is 16.6. The summed E-state index contributed by atoms with van der Waals surface area (Å²) in [5.41, 5.74) is -0.544. The first-order valence-electron chi connectivity index (χ1n) is 7.13. The van der Waals surface area contributed by atoms with Gasteiger partial charge in [-0.3, -0.25) is 9.59 Å². The minimum absolute atomic E-state index is 0.0797. The number of fused-ring (bicyclic) bond motifs is 2. The van der Waals surface area contributed by atoms with E-state index in [4.69, 9.17) is 4.74 Å². The van der Waals surface area contributed by atoms with Gasteiger partial charge in [-0.15, -0.1) is 0 Å². The fourth-order valence-corrected chi connectivity index (χ4v) is 4.40. The second kappa shape index (κ2) is 3.58. The van der Waals surface area contributed by atoms with Crippen LogP contribution in [0.15, 0.2) is 0 Å². The third-order valence-electron chi connectivity index (χ3n) is 6.22. The molecule has 3 fully saturated rings. The quantitative estimate of drug-likeness (QED) is 0.621. The molecule has 5 atom stereocenters. The number of carbonyl (C=O) groups is 2. The van der Waals surface area contributed by atoms with E-state index in [9.17, 15) is 9.59 Å². The number of ketones is 1. The maximum atomic E-state index is 12.1. The standard InChI is InChI=1S/C15H22O3/c1-9-13(17)18-15(3)7-6-10-4-5-12(16)11(10)8-14(9,15)2/h9-11H,4-8H2,1-3H3. The number of hydrogen-bond acceptors (Lipinski definition) is 3. The highest BCUT2D eigenvalue weighted by Gasteiger charge is 2.62. The van der Waals surface area contributed by atoms with Crippen LogP contribution in [0, 0.1) is 23.2 Å². The van der Waals surface area contributed by atoms with Crippen LogP contribution < -0.4 is 0 Å². The lowest BCUT2D eigenvalue weighted by Crippen LogP contribution is -2.43. The molecule has 0 aromatic heterocycles. The van der Waals surface area contributed by atoms with Crippen molar-refractivity contribution in [3.8, 4) is 0 Å². The van der Waals surface area contributed by atoms with Gasteiger partial charge in [-0.25, -0.2) is 0 Å². The molecule has 2 saturated carbocycles. The summed E-state index contributed by atoms with van der Waals surface area (Å²) in [7, 11) is 0. The van der Waals surface area contributed by atoms with Gasteiger partial charge in [-0.2, -0.15) is 0 Å². The van der Waals surface area contributed by atoms with Crippen molar-refractivity contribution in [3.05, 3.63) is 0 Å². The van der Waals surface area contributed by atoms with Crippen LogP contribution in [-0.4, -0.2) is 17.4 Å². The molecule has 0 aromatic carbocycles. The molecule has 3 nitrogen and oxygen atoms in total. The summed E-state index contributed by atoms with van der Waals surface area (Å²) in [4.78, 5) is 24.0. The number of hydrogen-bond donors (Lipinski definition) is 0. The van der Waals surface area contributed by atoms with Crippen molar-refractivity contribution in [1.29, 1.82) is 0 Å². The largest absolute Gasteiger partial charge is 0.459 e. The molecule has 2 aliphatic carbocycles. The lowest BCUT2D eigenvalue weighted by atomic mass is 9.64. The molecule has 5 unspecified atom stereocenters. The van der Waals surface area contributed by atoms with Gasteiger partial charge in [0, 0.05) is 17.8 Å². The van der Waals surface area contributed by atoms with Crippen molar-refractivity contribution in [2.75, 3.05) is 0 Å². The normalized spacial score (nSPS) is 51.6. The molecule has 0 N–H and O–H groups in total. The van der Waals surface area contributed by atoms with Gasteiger partial charge in [-0.05, 0) is 38.5 Å². The van der Waals surface area contributed by atoms with E-state index >= 15 is 0 Å². The zero-order valence-corrected chi connectivity index (χ0v) is 11.5. The summed E-state index contributed by atoms with van der Waals surface area (Å²) < 4.78 is 5.70. The number of rotatable bonds is 0. The van der Waals surface area contributed by atoms with Gasteiger partial charge in [0.05, 0.1) is 5.92 Å². The van der Waals surface area contributed by atoms with Gasteiger partial charge in [0.2, 0.25) is 0 Å². The SMILES string of the molecule is CC1C(=O)OC2(C)CCC3CCC(=O)C3CC12C. The van der Waals surface area contributed by atoms with E-state index in [2.05, 4.69) is 13.8 Å². The van der Waals surface area contributed by atoms with E-state index in [-0.39, 0.29) is 28.8 Å². The molecule has 0 radical (unpaired) electrons. The molecule has 0 bridgehead atoms. The molecule has 1 heterocycles. The summed E-state index contributed by atoms with van der Waals surface area (Å²) in [6.07, 6.45) is 4.56. The Morgan fingerprint density at radius 1 is 1.22 bits per heavy atom. The van der Waals surface area contributed by atoms with Crippen molar-refractivity contribution >= 4 is 11.8 Å². The number of esters is 1. The Morgan fingerprint density at radius 3 is 2.67 bits per heavy atom. The highest BCUT2D eigenvalue weighted by molar-refractivity contribution is 5.84.